The number of nitrogens with one attached hydrogen (secondary N) is 1. The molecule has 1 saturated carbocycles. The van der Waals surface area contributed by atoms with Crippen LogP contribution in [0.15, 0.2) is 12.1 Å². The van der Waals surface area contributed by atoms with Gasteiger partial charge in [-0.25, -0.2) is 9.78 Å². The van der Waals surface area contributed by atoms with Crippen molar-refractivity contribution in [1.82, 2.24) is 4.98 Å². The van der Waals surface area contributed by atoms with Crippen molar-refractivity contribution in [3.63, 3.8) is 0 Å². The van der Waals surface area contributed by atoms with Crippen LogP contribution in [0.5, 0.6) is 0 Å². The summed E-state index contributed by atoms with van der Waals surface area (Å²) in [4.78, 5) is 15.4. The summed E-state index contributed by atoms with van der Waals surface area (Å²) < 4.78 is 0. The zero-order valence-electron chi connectivity index (χ0n) is 11.0. The Morgan fingerprint density at radius 1 is 1.50 bits per heavy atom. The standard InChI is InChI=1S/C14H20N2O2/c1-3-6-14(7-8-14)9-15-12-11(13(17)18)5-4-10(2)16-12/h4-5H,3,6-9H2,1-2H3,(H,15,16)(H,17,18). The second-order valence-electron chi connectivity index (χ2n) is 5.26. The van der Waals surface area contributed by atoms with Crippen LogP contribution in [0.25, 0.3) is 0 Å². The van der Waals surface area contributed by atoms with E-state index < -0.39 is 5.97 Å². The van der Waals surface area contributed by atoms with Gasteiger partial charge in [0.2, 0.25) is 0 Å². The SMILES string of the molecule is CCCC1(CNc2nc(C)ccc2C(=O)O)CC1. The van der Waals surface area contributed by atoms with Gasteiger partial charge in [0.1, 0.15) is 11.4 Å². The van der Waals surface area contributed by atoms with Gasteiger partial charge in [0.25, 0.3) is 0 Å². The maximum Gasteiger partial charge on any atom is 0.339 e. The molecule has 1 heterocycles. The molecule has 0 amide bonds. The van der Waals surface area contributed by atoms with Crippen molar-refractivity contribution in [2.45, 2.75) is 39.5 Å². The summed E-state index contributed by atoms with van der Waals surface area (Å²) in [6, 6.07) is 3.35. The second-order valence-corrected chi connectivity index (χ2v) is 5.26. The highest BCUT2D eigenvalue weighted by Crippen LogP contribution is 2.49. The third kappa shape index (κ3) is 2.81. The van der Waals surface area contributed by atoms with Gasteiger partial charge in [0, 0.05) is 12.2 Å². The molecule has 4 heteroatoms. The lowest BCUT2D eigenvalue weighted by Gasteiger charge is -2.16. The van der Waals surface area contributed by atoms with Crippen LogP contribution in [0.2, 0.25) is 0 Å². The number of aromatic nitrogens is 1. The summed E-state index contributed by atoms with van der Waals surface area (Å²) in [5, 5.41) is 12.4. The Kier molecular flexibility index (Phi) is 3.55. The predicted octanol–water partition coefficient (Wildman–Crippen LogP) is 3.08. The largest absolute Gasteiger partial charge is 0.478 e. The average molecular weight is 248 g/mol. The van der Waals surface area contributed by atoms with Crippen molar-refractivity contribution in [1.29, 1.82) is 0 Å². The molecule has 1 fully saturated rings. The van der Waals surface area contributed by atoms with Gasteiger partial charge in [0.15, 0.2) is 0 Å². The first-order chi connectivity index (χ1) is 8.56. The number of carboxylic acid groups (broad SMARTS) is 1. The fourth-order valence-corrected chi connectivity index (χ4v) is 2.36. The molecule has 0 aromatic carbocycles. The fourth-order valence-electron chi connectivity index (χ4n) is 2.36. The highest BCUT2D eigenvalue weighted by atomic mass is 16.4. The van der Waals surface area contributed by atoms with E-state index in [0.29, 0.717) is 11.2 Å². The molecule has 1 aromatic rings. The number of aromatic carboxylic acids is 1. The van der Waals surface area contributed by atoms with Gasteiger partial charge in [0.05, 0.1) is 0 Å². The van der Waals surface area contributed by atoms with E-state index in [-0.39, 0.29) is 5.56 Å². The van der Waals surface area contributed by atoms with Crippen molar-refractivity contribution in [3.8, 4) is 0 Å². The Bertz CT molecular complexity index is 453. The van der Waals surface area contributed by atoms with E-state index in [1.165, 1.54) is 25.7 Å². The maximum absolute atomic E-state index is 11.1. The first-order valence-corrected chi connectivity index (χ1v) is 6.51. The molecule has 0 saturated heterocycles. The molecule has 1 aliphatic carbocycles. The normalized spacial score (nSPS) is 16.3. The summed E-state index contributed by atoms with van der Waals surface area (Å²) in [5.41, 5.74) is 1.48. The summed E-state index contributed by atoms with van der Waals surface area (Å²) in [6.07, 6.45) is 4.85. The molecule has 1 aliphatic rings. The minimum atomic E-state index is -0.926. The summed E-state index contributed by atoms with van der Waals surface area (Å²) in [7, 11) is 0. The quantitative estimate of drug-likeness (QED) is 0.812. The number of nitrogens with zero attached hydrogens (tertiary/aromatic N) is 1. The third-order valence-corrected chi connectivity index (χ3v) is 3.63. The molecule has 2 rings (SSSR count). The van der Waals surface area contributed by atoms with Crippen LogP contribution in [0.4, 0.5) is 5.82 Å². The van der Waals surface area contributed by atoms with Crippen LogP contribution in [0.1, 0.15) is 48.7 Å². The van der Waals surface area contributed by atoms with Crippen molar-refractivity contribution < 1.29 is 9.90 Å². The molecule has 0 atom stereocenters. The van der Waals surface area contributed by atoms with Crippen molar-refractivity contribution in [2.75, 3.05) is 11.9 Å². The molecule has 0 spiro atoms. The molecule has 0 bridgehead atoms. The molecule has 4 nitrogen and oxygen atoms in total. The van der Waals surface area contributed by atoms with Crippen LogP contribution >= 0.6 is 0 Å². The molecule has 18 heavy (non-hydrogen) atoms. The van der Waals surface area contributed by atoms with Crippen molar-refractivity contribution in [3.05, 3.63) is 23.4 Å². The van der Waals surface area contributed by atoms with Gasteiger partial charge in [-0.2, -0.15) is 0 Å². The number of carbonyl (C=O) groups is 1. The van der Waals surface area contributed by atoms with E-state index in [0.717, 1.165) is 12.2 Å². The lowest BCUT2D eigenvalue weighted by molar-refractivity contribution is 0.0697. The Morgan fingerprint density at radius 3 is 2.78 bits per heavy atom. The minimum absolute atomic E-state index is 0.257. The van der Waals surface area contributed by atoms with Gasteiger partial charge in [-0.1, -0.05) is 13.3 Å². The number of pyridine rings is 1. The van der Waals surface area contributed by atoms with E-state index in [1.807, 2.05) is 6.92 Å². The Balaban J connectivity index is 2.08. The second kappa shape index (κ2) is 4.96. The minimum Gasteiger partial charge on any atom is -0.478 e. The fraction of sp³-hybridized carbons (Fsp3) is 0.571. The summed E-state index contributed by atoms with van der Waals surface area (Å²) >= 11 is 0. The third-order valence-electron chi connectivity index (χ3n) is 3.63. The number of anilines is 1. The molecule has 2 N–H and O–H groups in total. The van der Waals surface area contributed by atoms with E-state index in [4.69, 9.17) is 5.11 Å². The van der Waals surface area contributed by atoms with Gasteiger partial charge < -0.3 is 10.4 Å². The number of hydrogen-bond donors (Lipinski definition) is 2. The Morgan fingerprint density at radius 2 is 2.22 bits per heavy atom. The highest BCUT2D eigenvalue weighted by Gasteiger charge is 2.41. The van der Waals surface area contributed by atoms with Gasteiger partial charge in [-0.3, -0.25) is 0 Å². The van der Waals surface area contributed by atoms with Crippen LogP contribution < -0.4 is 5.32 Å². The smallest absolute Gasteiger partial charge is 0.339 e. The van der Waals surface area contributed by atoms with Gasteiger partial charge in [-0.05, 0) is 43.7 Å². The Labute approximate surface area is 107 Å². The highest BCUT2D eigenvalue weighted by molar-refractivity contribution is 5.93. The number of carboxylic acids is 1. The topological polar surface area (TPSA) is 62.2 Å². The number of rotatable bonds is 6. The zero-order valence-corrected chi connectivity index (χ0v) is 11.0. The molecule has 98 valence electrons. The van der Waals surface area contributed by atoms with Crippen molar-refractivity contribution in [2.24, 2.45) is 5.41 Å². The zero-order chi connectivity index (χ0) is 13.2. The molecular weight excluding hydrogens is 228 g/mol. The van der Waals surface area contributed by atoms with E-state index in [9.17, 15) is 4.79 Å². The molecule has 1 aromatic heterocycles. The van der Waals surface area contributed by atoms with Crippen molar-refractivity contribution >= 4 is 11.8 Å². The predicted molar refractivity (Wildman–Crippen MR) is 71.0 cm³/mol. The van der Waals surface area contributed by atoms with E-state index in [1.54, 1.807) is 12.1 Å². The molecular formula is C14H20N2O2. The first-order valence-electron chi connectivity index (χ1n) is 6.51. The maximum atomic E-state index is 11.1. The van der Waals surface area contributed by atoms with Crippen LogP contribution in [-0.2, 0) is 0 Å². The lowest BCUT2D eigenvalue weighted by atomic mass is 10.0. The molecule has 0 radical (unpaired) electrons. The van der Waals surface area contributed by atoms with Crippen LogP contribution in [-0.4, -0.2) is 22.6 Å². The summed E-state index contributed by atoms with van der Waals surface area (Å²) in [6.45, 7) is 4.89. The monoisotopic (exact) mass is 248 g/mol. The molecule has 0 unspecified atom stereocenters. The lowest BCUT2D eigenvalue weighted by Crippen LogP contribution is -2.18. The average Bonchev–Trinajstić information content (AvgIpc) is 3.07. The van der Waals surface area contributed by atoms with Crippen LogP contribution in [0.3, 0.4) is 0 Å². The molecule has 0 aliphatic heterocycles. The van der Waals surface area contributed by atoms with Gasteiger partial charge in [-0.15, -0.1) is 0 Å². The summed E-state index contributed by atoms with van der Waals surface area (Å²) in [5.74, 6) is -0.421. The van der Waals surface area contributed by atoms with Gasteiger partial charge >= 0.3 is 5.97 Å². The first kappa shape index (κ1) is 12.9. The number of hydrogen-bond acceptors (Lipinski definition) is 3. The number of aryl methyl sites for hydroxylation is 1. The van der Waals surface area contributed by atoms with Crippen LogP contribution in [0, 0.1) is 12.3 Å². The van der Waals surface area contributed by atoms with E-state index in [2.05, 4.69) is 17.2 Å². The Hall–Kier alpha value is -1.58. The van der Waals surface area contributed by atoms with E-state index >= 15 is 0 Å².